The number of hydrogen-bond donors (Lipinski definition) is 2. The number of nitrogens with one attached hydrogen (secondary N) is 1. The Hall–Kier alpha value is -2.45. The van der Waals surface area contributed by atoms with Crippen LogP contribution in [0.1, 0.15) is 11.5 Å². The van der Waals surface area contributed by atoms with Crippen LogP contribution in [0, 0.1) is 0 Å². The Morgan fingerprint density at radius 3 is 2.81 bits per heavy atom. The van der Waals surface area contributed by atoms with Crippen molar-refractivity contribution in [3.8, 4) is 17.1 Å². The summed E-state index contributed by atoms with van der Waals surface area (Å²) in [6.45, 7) is 0. The highest BCUT2D eigenvalue weighted by Gasteiger charge is 2.15. The molecule has 0 fully saturated rings. The molecule has 8 heteroatoms. The van der Waals surface area contributed by atoms with Crippen LogP contribution in [0.25, 0.3) is 22.3 Å². The summed E-state index contributed by atoms with van der Waals surface area (Å²) in [6, 6.07) is 12.3. The molecule has 6 nitrogen and oxygen atoms in total. The van der Waals surface area contributed by atoms with Crippen molar-refractivity contribution in [1.82, 2.24) is 15.1 Å². The van der Waals surface area contributed by atoms with Crippen LogP contribution in [0.15, 0.2) is 60.7 Å². The summed E-state index contributed by atoms with van der Waals surface area (Å²) in [5, 5.41) is 14.4. The van der Waals surface area contributed by atoms with Crippen molar-refractivity contribution in [3.05, 3.63) is 73.2 Å². The van der Waals surface area contributed by atoms with Gasteiger partial charge in [0, 0.05) is 19.8 Å². The molecule has 0 atom stereocenters. The van der Waals surface area contributed by atoms with E-state index in [1.54, 1.807) is 24.3 Å². The maximum absolute atomic E-state index is 12.4. The van der Waals surface area contributed by atoms with Crippen LogP contribution in [-0.4, -0.2) is 20.2 Å². The van der Waals surface area contributed by atoms with Crippen molar-refractivity contribution in [3.63, 3.8) is 0 Å². The molecule has 0 saturated carbocycles. The standard InChI is InChI=1S/C18H11Br2N3O3/c19-11-1-4-15-10(5-11)7-13(18(25)21-15)17-22-16(26-23-17)8-9-6-12(24)2-3-14(9)20/h1-7,24H,8H2,(H,21,25). The fourth-order valence-corrected chi connectivity index (χ4v) is 3.40. The smallest absolute Gasteiger partial charge is 0.259 e. The molecular weight excluding hydrogens is 466 g/mol. The molecule has 2 N–H and O–H groups in total. The normalized spacial score (nSPS) is 11.2. The van der Waals surface area contributed by atoms with Crippen molar-refractivity contribution in [2.24, 2.45) is 0 Å². The summed E-state index contributed by atoms with van der Waals surface area (Å²) < 4.78 is 7.01. The molecule has 2 aromatic heterocycles. The van der Waals surface area contributed by atoms with Gasteiger partial charge in [0.1, 0.15) is 5.75 Å². The van der Waals surface area contributed by atoms with Crippen LogP contribution in [0.5, 0.6) is 5.75 Å². The second-order valence-electron chi connectivity index (χ2n) is 5.71. The quantitative estimate of drug-likeness (QED) is 0.457. The van der Waals surface area contributed by atoms with Gasteiger partial charge in [-0.1, -0.05) is 37.0 Å². The summed E-state index contributed by atoms with van der Waals surface area (Å²) in [5.74, 6) is 0.721. The lowest BCUT2D eigenvalue weighted by Gasteiger charge is -2.02. The van der Waals surface area contributed by atoms with Gasteiger partial charge in [0.25, 0.3) is 5.56 Å². The maximum Gasteiger partial charge on any atom is 0.259 e. The number of fused-ring (bicyclic) bond motifs is 1. The van der Waals surface area contributed by atoms with E-state index < -0.39 is 0 Å². The molecule has 0 radical (unpaired) electrons. The molecule has 0 bridgehead atoms. The van der Waals surface area contributed by atoms with Gasteiger partial charge >= 0.3 is 0 Å². The van der Waals surface area contributed by atoms with Gasteiger partial charge < -0.3 is 14.6 Å². The molecule has 4 rings (SSSR count). The molecule has 0 unspecified atom stereocenters. The Morgan fingerprint density at radius 2 is 1.96 bits per heavy atom. The Bertz CT molecular complexity index is 1180. The largest absolute Gasteiger partial charge is 0.508 e. The minimum atomic E-state index is -0.286. The molecular formula is C18H11Br2N3O3. The number of phenolic OH excluding ortho intramolecular Hbond substituents is 1. The molecule has 2 aromatic carbocycles. The lowest BCUT2D eigenvalue weighted by molar-refractivity contribution is 0.385. The fraction of sp³-hybridized carbons (Fsp3) is 0.0556. The minimum Gasteiger partial charge on any atom is -0.508 e. The van der Waals surface area contributed by atoms with E-state index in [0.29, 0.717) is 17.9 Å². The zero-order chi connectivity index (χ0) is 18.3. The van der Waals surface area contributed by atoms with Crippen molar-refractivity contribution < 1.29 is 9.63 Å². The van der Waals surface area contributed by atoms with Gasteiger partial charge in [-0.2, -0.15) is 4.98 Å². The summed E-state index contributed by atoms with van der Waals surface area (Å²) in [7, 11) is 0. The van der Waals surface area contributed by atoms with E-state index >= 15 is 0 Å². The number of nitrogens with zero attached hydrogens (tertiary/aromatic N) is 2. The molecule has 2 heterocycles. The average molecular weight is 477 g/mol. The van der Waals surface area contributed by atoms with E-state index in [9.17, 15) is 9.90 Å². The Balaban J connectivity index is 1.72. The van der Waals surface area contributed by atoms with E-state index in [-0.39, 0.29) is 17.1 Å². The SMILES string of the molecule is O=c1[nH]c2ccc(Br)cc2cc1-c1noc(Cc2cc(O)ccc2Br)n1. The van der Waals surface area contributed by atoms with E-state index in [0.717, 1.165) is 25.4 Å². The van der Waals surface area contributed by atoms with Crippen LogP contribution >= 0.6 is 31.9 Å². The molecule has 0 amide bonds. The fourth-order valence-electron chi connectivity index (χ4n) is 2.64. The first kappa shape index (κ1) is 17.0. The molecule has 0 aliphatic carbocycles. The number of halogens is 2. The summed E-state index contributed by atoms with van der Waals surface area (Å²) >= 11 is 6.84. The Labute approximate surface area is 164 Å². The third-order valence-electron chi connectivity index (χ3n) is 3.89. The predicted octanol–water partition coefficient (Wildman–Crippen LogP) is 4.40. The van der Waals surface area contributed by atoms with Gasteiger partial charge in [0.2, 0.25) is 11.7 Å². The molecule has 0 spiro atoms. The highest BCUT2D eigenvalue weighted by atomic mass is 79.9. The van der Waals surface area contributed by atoms with Gasteiger partial charge in [-0.05, 0) is 48.0 Å². The van der Waals surface area contributed by atoms with Gasteiger partial charge in [-0.15, -0.1) is 0 Å². The Morgan fingerprint density at radius 1 is 1.12 bits per heavy atom. The minimum absolute atomic E-state index is 0.152. The van der Waals surface area contributed by atoms with Crippen LogP contribution < -0.4 is 5.56 Å². The highest BCUT2D eigenvalue weighted by Crippen LogP contribution is 2.25. The second-order valence-corrected chi connectivity index (χ2v) is 7.48. The number of aromatic nitrogens is 3. The number of H-pyrrole nitrogens is 1. The zero-order valence-electron chi connectivity index (χ0n) is 13.2. The van der Waals surface area contributed by atoms with Crippen LogP contribution in [-0.2, 0) is 6.42 Å². The first-order valence-electron chi connectivity index (χ1n) is 7.62. The van der Waals surface area contributed by atoms with Crippen LogP contribution in [0.2, 0.25) is 0 Å². The maximum atomic E-state index is 12.4. The van der Waals surface area contributed by atoms with E-state index in [1.165, 1.54) is 0 Å². The first-order chi connectivity index (χ1) is 12.5. The van der Waals surface area contributed by atoms with Crippen molar-refractivity contribution in [2.45, 2.75) is 6.42 Å². The second kappa shape index (κ2) is 6.69. The van der Waals surface area contributed by atoms with Crippen molar-refractivity contribution in [1.29, 1.82) is 0 Å². The summed E-state index contributed by atoms with van der Waals surface area (Å²) in [5.41, 5.74) is 1.58. The van der Waals surface area contributed by atoms with E-state index in [1.807, 2.05) is 18.2 Å². The number of phenols is 1. The summed E-state index contributed by atoms with van der Waals surface area (Å²) in [4.78, 5) is 19.5. The van der Waals surface area contributed by atoms with Gasteiger partial charge in [-0.3, -0.25) is 4.79 Å². The average Bonchev–Trinajstić information content (AvgIpc) is 3.06. The number of aromatic hydroxyl groups is 1. The molecule has 0 aliphatic heterocycles. The van der Waals surface area contributed by atoms with Crippen LogP contribution in [0.4, 0.5) is 0 Å². The van der Waals surface area contributed by atoms with Crippen LogP contribution in [0.3, 0.4) is 0 Å². The third kappa shape index (κ3) is 3.30. The van der Waals surface area contributed by atoms with E-state index in [4.69, 9.17) is 4.52 Å². The number of rotatable bonds is 3. The van der Waals surface area contributed by atoms with E-state index in [2.05, 4.69) is 47.0 Å². The van der Waals surface area contributed by atoms with Crippen molar-refractivity contribution >= 4 is 42.8 Å². The number of pyridine rings is 1. The van der Waals surface area contributed by atoms with Gasteiger partial charge in [0.05, 0.1) is 12.0 Å². The van der Waals surface area contributed by atoms with Gasteiger partial charge in [0.15, 0.2) is 0 Å². The van der Waals surface area contributed by atoms with Crippen molar-refractivity contribution in [2.75, 3.05) is 0 Å². The molecule has 130 valence electrons. The lowest BCUT2D eigenvalue weighted by atomic mass is 10.1. The van der Waals surface area contributed by atoms with Gasteiger partial charge in [-0.25, -0.2) is 0 Å². The highest BCUT2D eigenvalue weighted by molar-refractivity contribution is 9.10. The topological polar surface area (TPSA) is 92.0 Å². The Kier molecular flexibility index (Phi) is 4.37. The summed E-state index contributed by atoms with van der Waals surface area (Å²) in [6.07, 6.45) is 0.332. The zero-order valence-corrected chi connectivity index (χ0v) is 16.3. The monoisotopic (exact) mass is 475 g/mol. The lowest BCUT2D eigenvalue weighted by Crippen LogP contribution is -2.09. The molecule has 0 aliphatic rings. The molecule has 0 saturated heterocycles. The predicted molar refractivity (Wildman–Crippen MR) is 104 cm³/mol. The molecule has 26 heavy (non-hydrogen) atoms. The molecule has 4 aromatic rings. The third-order valence-corrected chi connectivity index (χ3v) is 5.15. The number of benzene rings is 2. The number of aromatic amines is 1. The first-order valence-corrected chi connectivity index (χ1v) is 9.21. The number of hydrogen-bond acceptors (Lipinski definition) is 5.